The highest BCUT2D eigenvalue weighted by Crippen LogP contribution is 2.22. The van der Waals surface area contributed by atoms with Crippen molar-refractivity contribution >= 4 is 29.3 Å². The maximum atomic E-state index is 12.4. The van der Waals surface area contributed by atoms with Gasteiger partial charge in [-0.05, 0) is 49.7 Å². The van der Waals surface area contributed by atoms with Crippen molar-refractivity contribution in [2.45, 2.75) is 24.3 Å². The molecule has 1 aliphatic rings. The summed E-state index contributed by atoms with van der Waals surface area (Å²) >= 11 is 8.02. The first kappa shape index (κ1) is 19.3. The molecule has 3 rings (SSSR count). The number of likely N-dealkylation sites (tertiary alicyclic amines) is 1. The summed E-state index contributed by atoms with van der Waals surface area (Å²) in [6, 6.07) is 18.3. The van der Waals surface area contributed by atoms with Crippen LogP contribution in [0.5, 0.6) is 0 Å². The van der Waals surface area contributed by atoms with Crippen molar-refractivity contribution in [3.63, 3.8) is 0 Å². The average molecular weight is 389 g/mol. The molecule has 0 spiro atoms. The van der Waals surface area contributed by atoms with Gasteiger partial charge in [-0.15, -0.1) is 11.8 Å². The molecule has 5 heteroatoms. The molecular weight excluding hydrogens is 364 g/mol. The number of thioether (sulfide) groups is 1. The Balaban J connectivity index is 1.35. The first-order valence-electron chi connectivity index (χ1n) is 9.13. The number of rotatable bonds is 7. The van der Waals surface area contributed by atoms with Crippen LogP contribution in [-0.2, 0) is 11.3 Å². The van der Waals surface area contributed by atoms with E-state index in [-0.39, 0.29) is 11.8 Å². The number of halogens is 1. The van der Waals surface area contributed by atoms with E-state index in [9.17, 15) is 4.79 Å². The van der Waals surface area contributed by atoms with E-state index >= 15 is 0 Å². The number of benzene rings is 2. The Morgan fingerprint density at radius 1 is 1.08 bits per heavy atom. The van der Waals surface area contributed by atoms with E-state index in [1.54, 1.807) is 11.8 Å². The molecule has 138 valence electrons. The number of nitrogens with zero attached hydrogens (tertiary/aromatic N) is 1. The Morgan fingerprint density at radius 2 is 1.77 bits per heavy atom. The molecule has 0 radical (unpaired) electrons. The van der Waals surface area contributed by atoms with E-state index in [0.717, 1.165) is 55.4 Å². The van der Waals surface area contributed by atoms with Crippen molar-refractivity contribution in [3.05, 3.63) is 65.2 Å². The smallest absolute Gasteiger partial charge is 0.223 e. The fourth-order valence-corrected chi connectivity index (χ4v) is 4.21. The molecule has 0 bridgehead atoms. The Morgan fingerprint density at radius 3 is 2.50 bits per heavy atom. The number of nitrogens with one attached hydrogen (secondary N) is 1. The highest BCUT2D eigenvalue weighted by atomic mass is 35.5. The van der Waals surface area contributed by atoms with Crippen molar-refractivity contribution in [3.8, 4) is 0 Å². The van der Waals surface area contributed by atoms with Gasteiger partial charge in [0.15, 0.2) is 0 Å². The molecule has 1 heterocycles. The van der Waals surface area contributed by atoms with Crippen LogP contribution < -0.4 is 5.32 Å². The fraction of sp³-hybridized carbons (Fsp3) is 0.381. The first-order valence-corrected chi connectivity index (χ1v) is 10.5. The zero-order chi connectivity index (χ0) is 18.2. The number of amides is 1. The molecule has 1 saturated heterocycles. The third-order valence-corrected chi connectivity index (χ3v) is 6.11. The van der Waals surface area contributed by atoms with Gasteiger partial charge >= 0.3 is 0 Å². The van der Waals surface area contributed by atoms with Crippen LogP contribution >= 0.6 is 23.4 Å². The molecule has 0 unspecified atom stereocenters. The van der Waals surface area contributed by atoms with Crippen LogP contribution in [0.25, 0.3) is 0 Å². The van der Waals surface area contributed by atoms with Gasteiger partial charge in [0, 0.05) is 34.7 Å². The Labute approximate surface area is 165 Å². The highest BCUT2D eigenvalue weighted by molar-refractivity contribution is 7.99. The van der Waals surface area contributed by atoms with Crippen molar-refractivity contribution < 1.29 is 4.79 Å². The van der Waals surface area contributed by atoms with Gasteiger partial charge in [0.05, 0.1) is 0 Å². The van der Waals surface area contributed by atoms with Gasteiger partial charge in [-0.25, -0.2) is 0 Å². The SMILES string of the molecule is O=C(NCCSc1ccccc1)C1CCN(Cc2ccccc2Cl)CC1. The predicted molar refractivity (Wildman–Crippen MR) is 110 cm³/mol. The molecule has 0 aromatic heterocycles. The van der Waals surface area contributed by atoms with Crippen molar-refractivity contribution in [1.82, 2.24) is 10.2 Å². The highest BCUT2D eigenvalue weighted by Gasteiger charge is 2.24. The molecular formula is C21H25ClN2OS. The van der Waals surface area contributed by atoms with Gasteiger partial charge in [0.2, 0.25) is 5.91 Å². The molecule has 2 aromatic rings. The van der Waals surface area contributed by atoms with Crippen LogP contribution in [0.1, 0.15) is 18.4 Å². The van der Waals surface area contributed by atoms with E-state index in [2.05, 4.69) is 28.4 Å². The molecule has 2 aromatic carbocycles. The molecule has 0 aliphatic carbocycles. The lowest BCUT2D eigenvalue weighted by Gasteiger charge is -2.31. The molecule has 26 heavy (non-hydrogen) atoms. The van der Waals surface area contributed by atoms with Gasteiger partial charge in [-0.3, -0.25) is 9.69 Å². The summed E-state index contributed by atoms with van der Waals surface area (Å²) in [6.07, 6.45) is 1.84. The minimum absolute atomic E-state index is 0.138. The summed E-state index contributed by atoms with van der Waals surface area (Å²) < 4.78 is 0. The van der Waals surface area contributed by atoms with Crippen LogP contribution in [0.3, 0.4) is 0 Å². The monoisotopic (exact) mass is 388 g/mol. The van der Waals surface area contributed by atoms with E-state index in [4.69, 9.17) is 11.6 Å². The Kier molecular flexibility index (Phi) is 7.42. The van der Waals surface area contributed by atoms with Crippen LogP contribution in [0, 0.1) is 5.92 Å². The van der Waals surface area contributed by atoms with Gasteiger partial charge in [0.1, 0.15) is 0 Å². The largest absolute Gasteiger partial charge is 0.355 e. The van der Waals surface area contributed by atoms with Crippen LogP contribution in [0.15, 0.2) is 59.5 Å². The van der Waals surface area contributed by atoms with Crippen molar-refractivity contribution in [1.29, 1.82) is 0 Å². The average Bonchev–Trinajstić information content (AvgIpc) is 2.68. The molecule has 1 amide bonds. The number of hydrogen-bond donors (Lipinski definition) is 1. The summed E-state index contributed by atoms with van der Waals surface area (Å²) in [7, 11) is 0. The third-order valence-electron chi connectivity index (χ3n) is 4.72. The number of carbonyl (C=O) groups excluding carboxylic acids is 1. The van der Waals surface area contributed by atoms with Gasteiger partial charge in [-0.1, -0.05) is 48.0 Å². The lowest BCUT2D eigenvalue weighted by atomic mass is 9.95. The van der Waals surface area contributed by atoms with Crippen LogP contribution in [-0.4, -0.2) is 36.2 Å². The topological polar surface area (TPSA) is 32.3 Å². The minimum Gasteiger partial charge on any atom is -0.355 e. The lowest BCUT2D eigenvalue weighted by Crippen LogP contribution is -2.40. The summed E-state index contributed by atoms with van der Waals surface area (Å²) in [5.74, 6) is 1.25. The molecule has 0 saturated carbocycles. The maximum Gasteiger partial charge on any atom is 0.223 e. The van der Waals surface area contributed by atoms with E-state index in [1.807, 2.05) is 36.4 Å². The zero-order valence-corrected chi connectivity index (χ0v) is 16.4. The van der Waals surface area contributed by atoms with E-state index in [1.165, 1.54) is 4.90 Å². The van der Waals surface area contributed by atoms with E-state index in [0.29, 0.717) is 0 Å². The number of piperidine rings is 1. The molecule has 0 atom stereocenters. The third kappa shape index (κ3) is 5.76. The van der Waals surface area contributed by atoms with Crippen LogP contribution in [0.4, 0.5) is 0 Å². The number of hydrogen-bond acceptors (Lipinski definition) is 3. The summed E-state index contributed by atoms with van der Waals surface area (Å²) in [4.78, 5) is 16.0. The second-order valence-corrected chi connectivity index (χ2v) is 8.17. The second kappa shape index (κ2) is 10.0. The van der Waals surface area contributed by atoms with Crippen molar-refractivity contribution in [2.24, 2.45) is 5.92 Å². The minimum atomic E-state index is 0.138. The molecule has 1 fully saturated rings. The Hall–Kier alpha value is -1.49. The summed E-state index contributed by atoms with van der Waals surface area (Å²) in [5.41, 5.74) is 1.16. The second-order valence-electron chi connectivity index (χ2n) is 6.59. The van der Waals surface area contributed by atoms with E-state index < -0.39 is 0 Å². The zero-order valence-electron chi connectivity index (χ0n) is 14.9. The quantitative estimate of drug-likeness (QED) is 0.561. The molecule has 1 N–H and O–H groups in total. The van der Waals surface area contributed by atoms with Crippen LogP contribution in [0.2, 0.25) is 5.02 Å². The normalized spacial score (nSPS) is 15.7. The molecule has 1 aliphatic heterocycles. The van der Waals surface area contributed by atoms with Gasteiger partial charge < -0.3 is 5.32 Å². The summed E-state index contributed by atoms with van der Waals surface area (Å²) in [6.45, 7) is 3.48. The van der Waals surface area contributed by atoms with Crippen molar-refractivity contribution in [2.75, 3.05) is 25.4 Å². The standard InChI is InChI=1S/C21H25ClN2OS/c22-20-9-5-4-6-18(20)16-24-13-10-17(11-14-24)21(25)23-12-15-26-19-7-2-1-3-8-19/h1-9,17H,10-16H2,(H,23,25). The lowest BCUT2D eigenvalue weighted by molar-refractivity contribution is -0.126. The van der Waals surface area contributed by atoms with Gasteiger partial charge in [0.25, 0.3) is 0 Å². The fourth-order valence-electron chi connectivity index (χ4n) is 3.22. The first-order chi connectivity index (χ1) is 12.7. The maximum absolute atomic E-state index is 12.4. The number of carbonyl (C=O) groups is 1. The Bertz CT molecular complexity index is 702. The predicted octanol–water partition coefficient (Wildman–Crippen LogP) is 4.46. The van der Waals surface area contributed by atoms with Gasteiger partial charge in [-0.2, -0.15) is 0 Å². The molecule has 3 nitrogen and oxygen atoms in total. The summed E-state index contributed by atoms with van der Waals surface area (Å²) in [5, 5.41) is 3.92.